The zero-order chi connectivity index (χ0) is 17.4. The maximum atomic E-state index is 12.3. The standard InChI is InChI=1S/C13H6Br3IO5S/c14-6-3-8(15)12(9(16)4-6)13(18)22-11-2-1-7(5-10(11)17)23(19,20)21/h1-5H,(H,19,20,21). The van der Waals surface area contributed by atoms with Gasteiger partial charge in [0.1, 0.15) is 5.75 Å². The summed E-state index contributed by atoms with van der Waals surface area (Å²) in [6.45, 7) is 0. The number of carbonyl (C=O) groups excluding carboxylic acids is 1. The molecule has 2 rings (SSSR count). The van der Waals surface area contributed by atoms with Gasteiger partial charge in [-0.1, -0.05) is 15.9 Å². The van der Waals surface area contributed by atoms with Crippen molar-refractivity contribution in [3.63, 3.8) is 0 Å². The smallest absolute Gasteiger partial charge is 0.345 e. The number of ether oxygens (including phenoxy) is 1. The van der Waals surface area contributed by atoms with E-state index in [1.165, 1.54) is 12.1 Å². The first kappa shape index (κ1) is 19.3. The predicted molar refractivity (Wildman–Crippen MR) is 103 cm³/mol. The highest BCUT2D eigenvalue weighted by molar-refractivity contribution is 14.1. The Morgan fingerprint density at radius 3 is 2.13 bits per heavy atom. The van der Waals surface area contributed by atoms with Gasteiger partial charge in [-0.25, -0.2) is 4.79 Å². The molecule has 0 saturated carbocycles. The van der Waals surface area contributed by atoms with E-state index in [1.54, 1.807) is 12.1 Å². The number of benzene rings is 2. The lowest BCUT2D eigenvalue weighted by Gasteiger charge is -2.10. The summed E-state index contributed by atoms with van der Waals surface area (Å²) in [6, 6.07) is 7.08. The minimum Gasteiger partial charge on any atom is -0.422 e. The van der Waals surface area contributed by atoms with Crippen LogP contribution in [-0.4, -0.2) is 18.9 Å². The van der Waals surface area contributed by atoms with Gasteiger partial charge in [-0.2, -0.15) is 8.42 Å². The summed E-state index contributed by atoms with van der Waals surface area (Å²) < 4.78 is 38.7. The van der Waals surface area contributed by atoms with Crippen LogP contribution in [0.5, 0.6) is 5.75 Å². The van der Waals surface area contributed by atoms with Crippen molar-refractivity contribution in [1.29, 1.82) is 0 Å². The van der Waals surface area contributed by atoms with E-state index in [0.717, 1.165) is 10.5 Å². The van der Waals surface area contributed by atoms with E-state index in [-0.39, 0.29) is 10.6 Å². The fraction of sp³-hybridized carbons (Fsp3) is 0. The first-order valence-corrected chi connectivity index (χ1v) is 10.6. The first-order valence-electron chi connectivity index (χ1n) is 5.73. The van der Waals surface area contributed by atoms with Crippen LogP contribution in [-0.2, 0) is 10.1 Å². The topological polar surface area (TPSA) is 80.7 Å². The molecule has 2 aromatic carbocycles. The van der Waals surface area contributed by atoms with Crippen LogP contribution in [0.25, 0.3) is 0 Å². The largest absolute Gasteiger partial charge is 0.422 e. The molecule has 1 N–H and O–H groups in total. The average molecular weight is 641 g/mol. The van der Waals surface area contributed by atoms with Crippen molar-refractivity contribution in [2.24, 2.45) is 0 Å². The number of rotatable bonds is 3. The van der Waals surface area contributed by atoms with Crippen LogP contribution in [0.1, 0.15) is 10.4 Å². The summed E-state index contributed by atoms with van der Waals surface area (Å²) in [5, 5.41) is 0. The van der Waals surface area contributed by atoms with Gasteiger partial charge in [-0.15, -0.1) is 0 Å². The Balaban J connectivity index is 2.35. The van der Waals surface area contributed by atoms with E-state index in [0.29, 0.717) is 18.1 Å². The molecule has 0 spiro atoms. The molecule has 0 aliphatic heterocycles. The monoisotopic (exact) mass is 638 g/mol. The molecule has 0 aromatic heterocycles. The Morgan fingerprint density at radius 2 is 1.65 bits per heavy atom. The number of esters is 1. The van der Waals surface area contributed by atoms with Crippen molar-refractivity contribution in [3.8, 4) is 5.75 Å². The van der Waals surface area contributed by atoms with Crippen molar-refractivity contribution in [1.82, 2.24) is 0 Å². The average Bonchev–Trinajstić information content (AvgIpc) is 2.38. The number of halogens is 4. The Kier molecular flexibility index (Phi) is 6.28. The second-order valence-electron chi connectivity index (χ2n) is 4.20. The second kappa shape index (κ2) is 7.48. The molecule has 0 aliphatic carbocycles. The maximum Gasteiger partial charge on any atom is 0.345 e. The molecule has 0 aliphatic rings. The molecule has 0 unspecified atom stereocenters. The van der Waals surface area contributed by atoms with Crippen molar-refractivity contribution in [2.75, 3.05) is 0 Å². The fourth-order valence-corrected chi connectivity index (χ4v) is 5.54. The van der Waals surface area contributed by atoms with Gasteiger partial charge in [-0.3, -0.25) is 4.55 Å². The van der Waals surface area contributed by atoms with E-state index < -0.39 is 16.1 Å². The van der Waals surface area contributed by atoms with Crippen LogP contribution in [0.4, 0.5) is 0 Å². The summed E-state index contributed by atoms with van der Waals surface area (Å²) in [7, 11) is -4.31. The molecule has 23 heavy (non-hydrogen) atoms. The van der Waals surface area contributed by atoms with Crippen molar-refractivity contribution >= 4 is 86.5 Å². The van der Waals surface area contributed by atoms with E-state index >= 15 is 0 Å². The summed E-state index contributed by atoms with van der Waals surface area (Å²) >= 11 is 11.7. The van der Waals surface area contributed by atoms with Gasteiger partial charge in [0, 0.05) is 13.4 Å². The number of hydrogen-bond donors (Lipinski definition) is 1. The van der Waals surface area contributed by atoms with Crippen molar-refractivity contribution in [2.45, 2.75) is 4.90 Å². The molecule has 5 nitrogen and oxygen atoms in total. The Hall–Kier alpha value is -0.0100. The predicted octanol–water partition coefficient (Wildman–Crippen LogP) is 5.04. The van der Waals surface area contributed by atoms with Crippen molar-refractivity contribution in [3.05, 3.63) is 52.9 Å². The van der Waals surface area contributed by atoms with Gasteiger partial charge < -0.3 is 4.74 Å². The molecule has 0 bridgehead atoms. The third-order valence-electron chi connectivity index (χ3n) is 2.61. The van der Waals surface area contributed by atoms with Gasteiger partial charge in [0.05, 0.1) is 14.0 Å². The summed E-state index contributed by atoms with van der Waals surface area (Å²) in [5.41, 5.74) is 0.294. The second-order valence-corrected chi connectivity index (χ2v) is 9.41. The van der Waals surface area contributed by atoms with Gasteiger partial charge in [0.15, 0.2) is 0 Å². The molecule has 2 aromatic rings. The van der Waals surface area contributed by atoms with E-state index in [9.17, 15) is 13.2 Å². The molecule has 10 heteroatoms. The minimum absolute atomic E-state index is 0.185. The molecular weight excluding hydrogens is 635 g/mol. The summed E-state index contributed by atoms with van der Waals surface area (Å²) in [5.74, 6) is -0.432. The maximum absolute atomic E-state index is 12.3. The van der Waals surface area contributed by atoms with Crippen molar-refractivity contribution < 1.29 is 22.5 Å². The zero-order valence-electron chi connectivity index (χ0n) is 10.9. The third kappa shape index (κ3) is 4.75. The molecule has 122 valence electrons. The molecular formula is C13H6Br3IO5S. The molecule has 0 fully saturated rings. The molecule has 0 atom stereocenters. The van der Waals surface area contributed by atoms with E-state index in [1.807, 2.05) is 22.6 Å². The van der Waals surface area contributed by atoms with Crippen LogP contribution in [0, 0.1) is 3.57 Å². The summed E-state index contributed by atoms with van der Waals surface area (Å²) in [6.07, 6.45) is 0. The Labute approximate surface area is 171 Å². The lowest BCUT2D eigenvalue weighted by molar-refractivity contribution is 0.0731. The number of hydrogen-bond acceptors (Lipinski definition) is 4. The highest BCUT2D eigenvalue weighted by Crippen LogP contribution is 2.32. The summed E-state index contributed by atoms with van der Waals surface area (Å²) in [4.78, 5) is 12.1. The van der Waals surface area contributed by atoms with Crippen LogP contribution < -0.4 is 4.74 Å². The molecule has 0 heterocycles. The van der Waals surface area contributed by atoms with Gasteiger partial charge >= 0.3 is 5.97 Å². The molecule has 0 radical (unpaired) electrons. The lowest BCUT2D eigenvalue weighted by atomic mass is 10.2. The zero-order valence-corrected chi connectivity index (χ0v) is 18.6. The van der Waals surface area contributed by atoms with Crippen LogP contribution in [0.2, 0.25) is 0 Å². The minimum atomic E-state index is -4.31. The van der Waals surface area contributed by atoms with Gasteiger partial charge in [-0.05, 0) is 84.8 Å². The van der Waals surface area contributed by atoms with Crippen LogP contribution in [0.3, 0.4) is 0 Å². The number of carbonyl (C=O) groups is 1. The third-order valence-corrected chi connectivity index (χ3v) is 6.02. The van der Waals surface area contributed by atoms with Gasteiger partial charge in [0.2, 0.25) is 0 Å². The highest BCUT2D eigenvalue weighted by atomic mass is 127. The van der Waals surface area contributed by atoms with Crippen LogP contribution in [0.15, 0.2) is 48.6 Å². The van der Waals surface area contributed by atoms with Crippen LogP contribution >= 0.6 is 70.4 Å². The van der Waals surface area contributed by atoms with E-state index in [2.05, 4.69) is 47.8 Å². The SMILES string of the molecule is O=C(Oc1ccc(S(=O)(=O)O)cc1I)c1c(Br)cc(Br)cc1Br. The van der Waals surface area contributed by atoms with E-state index in [4.69, 9.17) is 9.29 Å². The Morgan fingerprint density at radius 1 is 1.09 bits per heavy atom. The molecule has 0 saturated heterocycles. The molecule has 0 amide bonds. The van der Waals surface area contributed by atoms with Gasteiger partial charge in [0.25, 0.3) is 10.1 Å². The fourth-order valence-electron chi connectivity index (χ4n) is 1.61. The normalized spacial score (nSPS) is 11.3. The highest BCUT2D eigenvalue weighted by Gasteiger charge is 2.19. The lowest BCUT2D eigenvalue weighted by Crippen LogP contribution is -2.11. The first-order chi connectivity index (χ1) is 10.6. The Bertz CT molecular complexity index is 875. The quantitative estimate of drug-likeness (QED) is 0.220.